The third-order valence-electron chi connectivity index (χ3n) is 3.66. The predicted molar refractivity (Wildman–Crippen MR) is 65.4 cm³/mol. The lowest BCUT2D eigenvalue weighted by Gasteiger charge is -2.38. The molecule has 0 saturated carbocycles. The standard InChI is InChI=1S/C13H20N2O/c1-10-4-3-7-15(11(10)2)13-8-12(9-16)5-6-14-13/h5-6,8,10-11,16H,3-4,7,9H2,1-2H3. The minimum absolute atomic E-state index is 0.0906. The van der Waals surface area contributed by atoms with Gasteiger partial charge < -0.3 is 10.0 Å². The molecule has 0 spiro atoms. The van der Waals surface area contributed by atoms with Crippen LogP contribution in [-0.2, 0) is 6.61 Å². The minimum atomic E-state index is 0.0906. The fourth-order valence-corrected chi connectivity index (χ4v) is 2.37. The monoisotopic (exact) mass is 220 g/mol. The highest BCUT2D eigenvalue weighted by atomic mass is 16.3. The number of hydrogen-bond donors (Lipinski definition) is 1. The number of nitrogens with zero attached hydrogens (tertiary/aromatic N) is 2. The van der Waals surface area contributed by atoms with Gasteiger partial charge in [0.05, 0.1) is 6.61 Å². The van der Waals surface area contributed by atoms with E-state index in [0.29, 0.717) is 12.0 Å². The van der Waals surface area contributed by atoms with Gasteiger partial charge in [-0.2, -0.15) is 0 Å². The van der Waals surface area contributed by atoms with E-state index in [0.717, 1.165) is 17.9 Å². The molecule has 16 heavy (non-hydrogen) atoms. The molecule has 1 aromatic heterocycles. The molecule has 2 heterocycles. The summed E-state index contributed by atoms with van der Waals surface area (Å²) in [7, 11) is 0. The van der Waals surface area contributed by atoms with Crippen LogP contribution in [0, 0.1) is 5.92 Å². The molecule has 3 nitrogen and oxygen atoms in total. The highest BCUT2D eigenvalue weighted by Gasteiger charge is 2.25. The van der Waals surface area contributed by atoms with Gasteiger partial charge in [0.15, 0.2) is 0 Å². The highest BCUT2D eigenvalue weighted by molar-refractivity contribution is 5.42. The number of rotatable bonds is 2. The van der Waals surface area contributed by atoms with Crippen molar-refractivity contribution in [3.8, 4) is 0 Å². The van der Waals surface area contributed by atoms with Gasteiger partial charge in [-0.3, -0.25) is 0 Å². The number of aliphatic hydroxyl groups excluding tert-OH is 1. The van der Waals surface area contributed by atoms with Crippen molar-refractivity contribution in [2.45, 2.75) is 39.3 Å². The van der Waals surface area contributed by atoms with Crippen molar-refractivity contribution in [3.63, 3.8) is 0 Å². The van der Waals surface area contributed by atoms with E-state index in [1.807, 2.05) is 12.1 Å². The third-order valence-corrected chi connectivity index (χ3v) is 3.66. The van der Waals surface area contributed by atoms with Gasteiger partial charge in [-0.25, -0.2) is 4.98 Å². The number of anilines is 1. The molecule has 0 aliphatic carbocycles. The van der Waals surface area contributed by atoms with E-state index in [1.54, 1.807) is 6.20 Å². The van der Waals surface area contributed by atoms with Crippen molar-refractivity contribution in [3.05, 3.63) is 23.9 Å². The first-order valence-electron chi connectivity index (χ1n) is 6.05. The first kappa shape index (κ1) is 11.4. The molecule has 0 amide bonds. The quantitative estimate of drug-likeness (QED) is 0.830. The third kappa shape index (κ3) is 2.19. The summed E-state index contributed by atoms with van der Waals surface area (Å²) in [5.41, 5.74) is 0.940. The fraction of sp³-hybridized carbons (Fsp3) is 0.615. The second kappa shape index (κ2) is 4.83. The molecule has 0 aromatic carbocycles. The average Bonchev–Trinajstić information content (AvgIpc) is 2.33. The molecule has 2 atom stereocenters. The first-order chi connectivity index (χ1) is 7.72. The summed E-state index contributed by atoms with van der Waals surface area (Å²) < 4.78 is 0. The van der Waals surface area contributed by atoms with Gasteiger partial charge >= 0.3 is 0 Å². The maximum absolute atomic E-state index is 9.13. The van der Waals surface area contributed by atoms with Gasteiger partial charge in [0.1, 0.15) is 5.82 Å². The number of hydrogen-bond acceptors (Lipinski definition) is 3. The Bertz CT molecular complexity index is 354. The SMILES string of the molecule is CC1CCCN(c2cc(CO)ccn2)C1C. The lowest BCUT2D eigenvalue weighted by atomic mass is 9.92. The van der Waals surface area contributed by atoms with Crippen molar-refractivity contribution in [2.75, 3.05) is 11.4 Å². The number of pyridine rings is 1. The molecule has 1 N–H and O–H groups in total. The molecule has 3 heteroatoms. The van der Waals surface area contributed by atoms with Crippen LogP contribution >= 0.6 is 0 Å². The van der Waals surface area contributed by atoms with Crippen molar-refractivity contribution in [1.82, 2.24) is 4.98 Å². The van der Waals surface area contributed by atoms with E-state index < -0.39 is 0 Å². The zero-order valence-electron chi connectivity index (χ0n) is 10.1. The van der Waals surface area contributed by atoms with Gasteiger partial charge in [0.2, 0.25) is 0 Å². The maximum Gasteiger partial charge on any atom is 0.129 e. The van der Waals surface area contributed by atoms with E-state index >= 15 is 0 Å². The van der Waals surface area contributed by atoms with Gasteiger partial charge in [0, 0.05) is 18.8 Å². The predicted octanol–water partition coefficient (Wildman–Crippen LogP) is 2.20. The van der Waals surface area contributed by atoms with Crippen LogP contribution in [0.4, 0.5) is 5.82 Å². The van der Waals surface area contributed by atoms with Crippen LogP contribution in [0.3, 0.4) is 0 Å². The molecule has 1 aromatic rings. The number of aliphatic hydroxyl groups is 1. The second-order valence-corrected chi connectivity index (χ2v) is 4.73. The molecular formula is C13H20N2O. The fourth-order valence-electron chi connectivity index (χ4n) is 2.37. The summed E-state index contributed by atoms with van der Waals surface area (Å²) in [4.78, 5) is 6.77. The smallest absolute Gasteiger partial charge is 0.129 e. The van der Waals surface area contributed by atoms with E-state index in [1.165, 1.54) is 12.8 Å². The molecule has 1 fully saturated rings. The minimum Gasteiger partial charge on any atom is -0.392 e. The van der Waals surface area contributed by atoms with Crippen LogP contribution in [0.25, 0.3) is 0 Å². The summed E-state index contributed by atoms with van der Waals surface area (Å²) in [6.45, 7) is 5.73. The van der Waals surface area contributed by atoms with Crippen molar-refractivity contribution in [2.24, 2.45) is 5.92 Å². The topological polar surface area (TPSA) is 36.4 Å². The van der Waals surface area contributed by atoms with Crippen LogP contribution in [0.1, 0.15) is 32.3 Å². The zero-order valence-corrected chi connectivity index (χ0v) is 10.1. The van der Waals surface area contributed by atoms with Crippen LogP contribution in [-0.4, -0.2) is 22.7 Å². The summed E-state index contributed by atoms with van der Waals surface area (Å²) in [6.07, 6.45) is 4.32. The summed E-state index contributed by atoms with van der Waals surface area (Å²) in [5.74, 6) is 1.72. The molecular weight excluding hydrogens is 200 g/mol. The summed E-state index contributed by atoms with van der Waals surface area (Å²) >= 11 is 0. The van der Waals surface area contributed by atoms with Gasteiger partial charge in [-0.05, 0) is 43.4 Å². The van der Waals surface area contributed by atoms with Crippen molar-refractivity contribution >= 4 is 5.82 Å². The summed E-state index contributed by atoms with van der Waals surface area (Å²) in [6, 6.07) is 4.39. The molecule has 0 bridgehead atoms. The van der Waals surface area contributed by atoms with E-state index in [2.05, 4.69) is 23.7 Å². The number of piperidine rings is 1. The largest absolute Gasteiger partial charge is 0.392 e. The maximum atomic E-state index is 9.13. The Balaban J connectivity index is 2.21. The Morgan fingerprint density at radius 2 is 2.31 bits per heavy atom. The lowest BCUT2D eigenvalue weighted by molar-refractivity contribution is 0.281. The molecule has 2 unspecified atom stereocenters. The Morgan fingerprint density at radius 1 is 1.50 bits per heavy atom. The molecule has 1 aliphatic heterocycles. The zero-order chi connectivity index (χ0) is 11.5. The Morgan fingerprint density at radius 3 is 3.06 bits per heavy atom. The van der Waals surface area contributed by atoms with E-state index in [9.17, 15) is 0 Å². The molecule has 2 rings (SSSR count). The van der Waals surface area contributed by atoms with Crippen molar-refractivity contribution < 1.29 is 5.11 Å². The Hall–Kier alpha value is -1.09. The van der Waals surface area contributed by atoms with Crippen LogP contribution < -0.4 is 4.90 Å². The van der Waals surface area contributed by atoms with Crippen LogP contribution in [0.2, 0.25) is 0 Å². The van der Waals surface area contributed by atoms with Gasteiger partial charge in [-0.1, -0.05) is 6.92 Å². The number of aromatic nitrogens is 1. The van der Waals surface area contributed by atoms with Crippen molar-refractivity contribution in [1.29, 1.82) is 0 Å². The summed E-state index contributed by atoms with van der Waals surface area (Å²) in [5, 5.41) is 9.13. The second-order valence-electron chi connectivity index (χ2n) is 4.73. The molecule has 1 aliphatic rings. The lowest BCUT2D eigenvalue weighted by Crippen LogP contribution is -2.42. The van der Waals surface area contributed by atoms with Crippen LogP contribution in [0.15, 0.2) is 18.3 Å². The Kier molecular flexibility index (Phi) is 3.44. The van der Waals surface area contributed by atoms with Gasteiger partial charge in [-0.15, -0.1) is 0 Å². The van der Waals surface area contributed by atoms with E-state index in [-0.39, 0.29) is 6.61 Å². The van der Waals surface area contributed by atoms with Crippen LogP contribution in [0.5, 0.6) is 0 Å². The normalized spacial score (nSPS) is 25.8. The average molecular weight is 220 g/mol. The molecule has 88 valence electrons. The molecule has 1 saturated heterocycles. The van der Waals surface area contributed by atoms with E-state index in [4.69, 9.17) is 5.11 Å². The van der Waals surface area contributed by atoms with Gasteiger partial charge in [0.25, 0.3) is 0 Å². The first-order valence-corrected chi connectivity index (χ1v) is 6.05. The Labute approximate surface area is 97.1 Å². The molecule has 0 radical (unpaired) electrons. The highest BCUT2D eigenvalue weighted by Crippen LogP contribution is 2.27.